The molecule has 6 heteroatoms. The molecule has 1 saturated carbocycles. The molecule has 1 amide bonds. The number of rotatable bonds is 4. The molecule has 31 heavy (non-hydrogen) atoms. The van der Waals surface area contributed by atoms with Crippen LogP contribution in [0.1, 0.15) is 103 Å². The van der Waals surface area contributed by atoms with Gasteiger partial charge in [-0.05, 0) is 64.4 Å². The summed E-state index contributed by atoms with van der Waals surface area (Å²) in [5.41, 5.74) is 9.31. The van der Waals surface area contributed by atoms with Gasteiger partial charge in [-0.15, -0.1) is 0 Å². The smallest absolute Gasteiger partial charge is 0.220 e. The number of nitrogens with one attached hydrogen (secondary N) is 3. The van der Waals surface area contributed by atoms with E-state index in [2.05, 4.69) is 29.1 Å². The lowest BCUT2D eigenvalue weighted by Gasteiger charge is -2.20. The van der Waals surface area contributed by atoms with Gasteiger partial charge >= 0.3 is 0 Å². The maximum atomic E-state index is 10.5. The maximum Gasteiger partial charge on any atom is 0.220 e. The Morgan fingerprint density at radius 2 is 1.90 bits per heavy atom. The van der Waals surface area contributed by atoms with Crippen LogP contribution in [0.2, 0.25) is 0 Å². The zero-order valence-electron chi connectivity index (χ0n) is 20.4. The van der Waals surface area contributed by atoms with Gasteiger partial charge in [0.15, 0.2) is 0 Å². The molecule has 0 spiro atoms. The minimum absolute atomic E-state index is 0.157. The Hall–Kier alpha value is -1.95. The zero-order chi connectivity index (χ0) is 23.2. The van der Waals surface area contributed by atoms with Gasteiger partial charge in [-0.3, -0.25) is 4.79 Å². The lowest BCUT2D eigenvalue weighted by molar-refractivity contribution is -0.122. The average Bonchev–Trinajstić information content (AvgIpc) is 2.99. The second-order valence-electron chi connectivity index (χ2n) is 9.18. The summed E-state index contributed by atoms with van der Waals surface area (Å²) in [6.07, 6.45) is 14.6. The van der Waals surface area contributed by atoms with E-state index >= 15 is 0 Å². The normalized spacial score (nSPS) is 20.9. The van der Waals surface area contributed by atoms with Crippen LogP contribution in [-0.4, -0.2) is 28.1 Å². The Morgan fingerprint density at radius 1 is 1.26 bits per heavy atom. The minimum Gasteiger partial charge on any atom is -0.356 e. The van der Waals surface area contributed by atoms with Crippen molar-refractivity contribution < 1.29 is 4.79 Å². The van der Waals surface area contributed by atoms with Crippen LogP contribution in [0.15, 0.2) is 17.8 Å². The molecule has 1 aliphatic heterocycles. The fourth-order valence-electron chi connectivity index (χ4n) is 3.86. The van der Waals surface area contributed by atoms with Crippen molar-refractivity contribution in [1.29, 1.82) is 5.41 Å². The molecule has 2 fully saturated rings. The van der Waals surface area contributed by atoms with Gasteiger partial charge in [0.05, 0.1) is 5.69 Å². The highest BCUT2D eigenvalue weighted by molar-refractivity contribution is 5.90. The first-order valence-electron chi connectivity index (χ1n) is 12.0. The molecule has 1 aromatic heterocycles. The Morgan fingerprint density at radius 3 is 2.29 bits per heavy atom. The molecule has 0 aromatic carbocycles. The van der Waals surface area contributed by atoms with Gasteiger partial charge in [-0.2, -0.15) is 0 Å². The number of H-pyrrole nitrogens is 1. The van der Waals surface area contributed by atoms with Crippen LogP contribution in [-0.2, 0) is 4.79 Å². The number of carbonyl (C=O) groups is 1. The predicted molar refractivity (Wildman–Crippen MR) is 130 cm³/mol. The van der Waals surface area contributed by atoms with Crippen LogP contribution in [0, 0.1) is 24.2 Å². The van der Waals surface area contributed by atoms with Crippen molar-refractivity contribution in [3.8, 4) is 0 Å². The third-order valence-electron chi connectivity index (χ3n) is 6.02. The third kappa shape index (κ3) is 11.9. The van der Waals surface area contributed by atoms with Crippen molar-refractivity contribution in [3.63, 3.8) is 0 Å². The number of nitrogens with two attached hydrogens (primary N) is 1. The van der Waals surface area contributed by atoms with E-state index in [1.165, 1.54) is 44.1 Å². The van der Waals surface area contributed by atoms with E-state index in [1.54, 1.807) is 6.92 Å². The highest BCUT2D eigenvalue weighted by atomic mass is 16.1. The van der Waals surface area contributed by atoms with Crippen LogP contribution in [0.25, 0.3) is 0 Å². The number of nitrogens with zero attached hydrogens (tertiary/aromatic N) is 1. The molecule has 2 heterocycles. The fourth-order valence-corrected chi connectivity index (χ4v) is 3.86. The second kappa shape index (κ2) is 15.0. The number of aromatic amines is 1. The lowest BCUT2D eigenvalue weighted by atomic mass is 9.91. The summed E-state index contributed by atoms with van der Waals surface area (Å²) < 4.78 is 0. The number of amides is 1. The first-order chi connectivity index (χ1) is 14.7. The van der Waals surface area contributed by atoms with Crippen molar-refractivity contribution in [2.45, 2.75) is 98.4 Å². The summed E-state index contributed by atoms with van der Waals surface area (Å²) in [4.78, 5) is 18.0. The topological polar surface area (TPSA) is 108 Å². The lowest BCUT2D eigenvalue weighted by Crippen LogP contribution is -2.33. The van der Waals surface area contributed by atoms with E-state index in [1.807, 2.05) is 26.1 Å². The van der Waals surface area contributed by atoms with Gasteiger partial charge in [0, 0.05) is 30.9 Å². The van der Waals surface area contributed by atoms with Crippen molar-refractivity contribution >= 4 is 11.6 Å². The van der Waals surface area contributed by atoms with E-state index < -0.39 is 0 Å². The van der Waals surface area contributed by atoms with Crippen LogP contribution in [0.3, 0.4) is 0 Å². The van der Waals surface area contributed by atoms with Crippen LogP contribution in [0.4, 0.5) is 0 Å². The van der Waals surface area contributed by atoms with Gasteiger partial charge in [0.2, 0.25) is 5.91 Å². The Labute approximate surface area is 189 Å². The quantitative estimate of drug-likeness (QED) is 0.368. The van der Waals surface area contributed by atoms with Crippen LogP contribution >= 0.6 is 0 Å². The van der Waals surface area contributed by atoms with Gasteiger partial charge in [0.1, 0.15) is 5.82 Å². The maximum absolute atomic E-state index is 10.5. The molecule has 2 aliphatic rings. The molecule has 176 valence electrons. The highest BCUT2D eigenvalue weighted by Crippen LogP contribution is 2.31. The number of aromatic nitrogens is 2. The first kappa shape index (κ1) is 27.1. The fraction of sp³-hybridized carbons (Fsp3) is 0.720. The van der Waals surface area contributed by atoms with E-state index in [4.69, 9.17) is 11.1 Å². The summed E-state index contributed by atoms with van der Waals surface area (Å²) in [7, 11) is 0. The number of carbonyl (C=O) groups excluding carboxylic acids is 1. The van der Waals surface area contributed by atoms with Gasteiger partial charge in [-0.1, -0.05) is 45.1 Å². The first-order valence-corrected chi connectivity index (χ1v) is 12.0. The molecule has 0 radical (unpaired) electrons. The Balaban J connectivity index is 0.000000256. The standard InChI is InChI=1S/C12H21N3.C7H13N.C6H11NO/c1-9-14-8-11(15-9)12(13)10-6-4-2-3-5-7-10;1-4-6(2)5-7(3)8;1-5-2-3-6(8)7-4-5/h8,10,12H,2-7,13H2,1H3,(H,14,15);5,8H,4H2,1-3H3;5H,2-4H2,1H3,(H,7,8). The molecule has 1 aliphatic carbocycles. The number of piperidine rings is 1. The SMILES string of the molecule is CC1CCC(=O)NC1.CCC(C)=CC(C)=N.Cc1ncc(C(N)C2CCCCCC2)[nH]1. The molecule has 1 saturated heterocycles. The number of hydrogen-bond donors (Lipinski definition) is 4. The van der Waals surface area contributed by atoms with E-state index in [9.17, 15) is 4.79 Å². The highest BCUT2D eigenvalue weighted by Gasteiger charge is 2.22. The Bertz CT molecular complexity index is 676. The average molecular weight is 432 g/mol. The molecule has 0 bridgehead atoms. The summed E-state index contributed by atoms with van der Waals surface area (Å²) in [5.74, 6) is 2.51. The number of allylic oxidation sites excluding steroid dienone is 2. The van der Waals surface area contributed by atoms with E-state index in [0.29, 0.717) is 17.5 Å². The second-order valence-corrected chi connectivity index (χ2v) is 9.18. The number of hydrogen-bond acceptors (Lipinski definition) is 4. The molecule has 1 aromatic rings. The van der Waals surface area contributed by atoms with Crippen molar-refractivity contribution in [2.75, 3.05) is 6.54 Å². The predicted octanol–water partition coefficient (Wildman–Crippen LogP) is 5.60. The molecule has 3 rings (SSSR count). The van der Waals surface area contributed by atoms with Crippen LogP contribution in [0.5, 0.6) is 0 Å². The molecule has 2 atom stereocenters. The summed E-state index contributed by atoms with van der Waals surface area (Å²) in [6.45, 7) is 10.9. The minimum atomic E-state index is 0.157. The molecule has 2 unspecified atom stereocenters. The number of aryl methyl sites for hydroxylation is 1. The van der Waals surface area contributed by atoms with Gasteiger partial charge < -0.3 is 21.4 Å². The van der Waals surface area contributed by atoms with E-state index in [-0.39, 0.29) is 11.9 Å². The monoisotopic (exact) mass is 431 g/mol. The zero-order valence-corrected chi connectivity index (χ0v) is 20.4. The Kier molecular flexibility index (Phi) is 13.1. The summed E-state index contributed by atoms with van der Waals surface area (Å²) >= 11 is 0. The van der Waals surface area contributed by atoms with Crippen molar-refractivity contribution in [3.05, 3.63) is 29.4 Å². The van der Waals surface area contributed by atoms with Crippen LogP contribution < -0.4 is 11.1 Å². The van der Waals surface area contributed by atoms with Gasteiger partial charge in [0.25, 0.3) is 0 Å². The van der Waals surface area contributed by atoms with Crippen molar-refractivity contribution in [1.82, 2.24) is 15.3 Å². The van der Waals surface area contributed by atoms with Gasteiger partial charge in [-0.25, -0.2) is 4.98 Å². The van der Waals surface area contributed by atoms with E-state index in [0.717, 1.165) is 37.3 Å². The molecular weight excluding hydrogens is 386 g/mol. The molecule has 5 N–H and O–H groups in total. The molecular formula is C25H45N5O. The summed E-state index contributed by atoms with van der Waals surface area (Å²) in [5, 5.41) is 9.84. The molecule has 6 nitrogen and oxygen atoms in total. The van der Waals surface area contributed by atoms with Crippen molar-refractivity contribution in [2.24, 2.45) is 17.6 Å². The summed E-state index contributed by atoms with van der Waals surface area (Å²) in [6, 6.07) is 0.157. The number of imidazole rings is 1. The third-order valence-corrected chi connectivity index (χ3v) is 6.02. The largest absolute Gasteiger partial charge is 0.356 e.